The first-order valence-corrected chi connectivity index (χ1v) is 7.56. The normalized spacial score (nSPS) is 11.2. The van der Waals surface area contributed by atoms with E-state index in [4.69, 9.17) is 5.11 Å². The Morgan fingerprint density at radius 1 is 1.24 bits per heavy atom. The third kappa shape index (κ3) is 3.70. The maximum absolute atomic E-state index is 12.9. The van der Waals surface area contributed by atoms with Gasteiger partial charge in [-0.1, -0.05) is 12.1 Å². The number of nitrogens with zero attached hydrogens (tertiary/aromatic N) is 4. The van der Waals surface area contributed by atoms with Gasteiger partial charge < -0.3 is 15.0 Å². The number of hydrogen-bond acceptors (Lipinski definition) is 5. The summed E-state index contributed by atoms with van der Waals surface area (Å²) in [5, 5.41) is 12.0. The number of carbonyl (C=O) groups is 1. The molecule has 3 aromatic rings. The Kier molecular flexibility index (Phi) is 4.82. The molecule has 0 atom stereocenters. The van der Waals surface area contributed by atoms with Crippen molar-refractivity contribution in [1.29, 1.82) is 0 Å². The van der Waals surface area contributed by atoms with E-state index in [-0.39, 0.29) is 18.1 Å². The minimum Gasteiger partial charge on any atom is -0.476 e. The van der Waals surface area contributed by atoms with Crippen LogP contribution in [0.15, 0.2) is 36.7 Å². The fourth-order valence-corrected chi connectivity index (χ4v) is 2.57. The smallest absolute Gasteiger partial charge is 0.358 e. The molecule has 0 saturated heterocycles. The van der Waals surface area contributed by atoms with Crippen molar-refractivity contribution in [3.05, 3.63) is 48.2 Å². The van der Waals surface area contributed by atoms with Gasteiger partial charge in [0.15, 0.2) is 11.5 Å². The standard InChI is InChI=1S/C16H15F2N5O2/c17-12(18)9-23-11-4-2-1-3-10(11)22-13(23)5-6-20-15-14(16(24)25)19-7-8-21-15/h1-4,7-8,12H,5-6,9H2,(H,20,21)(H,24,25). The SMILES string of the molecule is O=C(O)c1nccnc1NCCc1nc2ccccc2n1CC(F)F. The Morgan fingerprint density at radius 2 is 2.00 bits per heavy atom. The molecule has 0 aliphatic carbocycles. The molecule has 2 aromatic heterocycles. The highest BCUT2D eigenvalue weighted by atomic mass is 19.3. The van der Waals surface area contributed by atoms with Gasteiger partial charge in [-0.3, -0.25) is 0 Å². The lowest BCUT2D eigenvalue weighted by Gasteiger charge is -2.10. The number of carboxylic acids is 1. The number of para-hydroxylation sites is 2. The Hall–Kier alpha value is -3.10. The molecule has 0 aliphatic heterocycles. The number of aromatic nitrogens is 4. The number of benzene rings is 1. The minimum atomic E-state index is -2.50. The van der Waals surface area contributed by atoms with E-state index in [1.165, 1.54) is 17.0 Å². The topological polar surface area (TPSA) is 92.9 Å². The van der Waals surface area contributed by atoms with Crippen molar-refractivity contribution in [3.63, 3.8) is 0 Å². The third-order valence-electron chi connectivity index (χ3n) is 3.60. The molecule has 1 aromatic carbocycles. The quantitative estimate of drug-likeness (QED) is 0.682. The Balaban J connectivity index is 1.78. The van der Waals surface area contributed by atoms with Crippen LogP contribution in [0.2, 0.25) is 0 Å². The van der Waals surface area contributed by atoms with Crippen LogP contribution in [-0.2, 0) is 13.0 Å². The zero-order valence-electron chi connectivity index (χ0n) is 13.1. The van der Waals surface area contributed by atoms with Crippen molar-refractivity contribution in [1.82, 2.24) is 19.5 Å². The van der Waals surface area contributed by atoms with Crippen LogP contribution in [0.1, 0.15) is 16.3 Å². The van der Waals surface area contributed by atoms with Gasteiger partial charge in [0.1, 0.15) is 5.82 Å². The van der Waals surface area contributed by atoms with Gasteiger partial charge in [-0.2, -0.15) is 0 Å². The second-order valence-corrected chi connectivity index (χ2v) is 5.25. The number of fused-ring (bicyclic) bond motifs is 1. The molecule has 7 nitrogen and oxygen atoms in total. The summed E-state index contributed by atoms with van der Waals surface area (Å²) >= 11 is 0. The van der Waals surface area contributed by atoms with Crippen molar-refractivity contribution in [2.24, 2.45) is 0 Å². The fraction of sp³-hybridized carbons (Fsp3) is 0.250. The van der Waals surface area contributed by atoms with Crippen LogP contribution in [0.5, 0.6) is 0 Å². The summed E-state index contributed by atoms with van der Waals surface area (Å²) in [4.78, 5) is 23.2. The summed E-state index contributed by atoms with van der Waals surface area (Å²) in [6, 6.07) is 7.07. The first-order valence-electron chi connectivity index (χ1n) is 7.56. The number of hydrogen-bond donors (Lipinski definition) is 2. The molecule has 0 unspecified atom stereocenters. The van der Waals surface area contributed by atoms with E-state index in [2.05, 4.69) is 20.3 Å². The summed E-state index contributed by atoms with van der Waals surface area (Å²) in [5.41, 5.74) is 1.09. The molecule has 0 amide bonds. The van der Waals surface area contributed by atoms with Crippen LogP contribution >= 0.6 is 0 Å². The summed E-state index contributed by atoms with van der Waals surface area (Å²) in [5.74, 6) is -0.568. The van der Waals surface area contributed by atoms with E-state index in [0.717, 1.165) is 0 Å². The van der Waals surface area contributed by atoms with Crippen molar-refractivity contribution in [3.8, 4) is 0 Å². The molecule has 130 valence electrons. The molecule has 25 heavy (non-hydrogen) atoms. The molecule has 0 radical (unpaired) electrons. The van der Waals surface area contributed by atoms with Crippen molar-refractivity contribution < 1.29 is 18.7 Å². The Morgan fingerprint density at radius 3 is 2.76 bits per heavy atom. The van der Waals surface area contributed by atoms with E-state index < -0.39 is 18.9 Å². The molecule has 0 aliphatic rings. The first kappa shape index (κ1) is 16.7. The zero-order valence-corrected chi connectivity index (χ0v) is 13.1. The molecule has 2 heterocycles. The number of rotatable bonds is 7. The lowest BCUT2D eigenvalue weighted by molar-refractivity contribution is 0.0691. The number of aromatic carboxylic acids is 1. The van der Waals surface area contributed by atoms with Gasteiger partial charge in [-0.05, 0) is 12.1 Å². The molecule has 0 spiro atoms. The highest BCUT2D eigenvalue weighted by Crippen LogP contribution is 2.18. The predicted molar refractivity (Wildman–Crippen MR) is 86.9 cm³/mol. The second kappa shape index (κ2) is 7.20. The van der Waals surface area contributed by atoms with Crippen LogP contribution < -0.4 is 5.32 Å². The lowest BCUT2D eigenvalue weighted by Crippen LogP contribution is -2.16. The monoisotopic (exact) mass is 347 g/mol. The largest absolute Gasteiger partial charge is 0.476 e. The number of imidazole rings is 1. The lowest BCUT2D eigenvalue weighted by atomic mass is 10.3. The number of nitrogens with one attached hydrogen (secondary N) is 1. The van der Waals surface area contributed by atoms with E-state index in [1.54, 1.807) is 24.3 Å². The van der Waals surface area contributed by atoms with Gasteiger partial charge in [0, 0.05) is 25.4 Å². The molecule has 0 bridgehead atoms. The van der Waals surface area contributed by atoms with Crippen molar-refractivity contribution in [2.45, 2.75) is 19.4 Å². The highest BCUT2D eigenvalue weighted by Gasteiger charge is 2.15. The predicted octanol–water partition coefficient (Wildman–Crippen LogP) is 2.44. The summed E-state index contributed by atoms with van der Waals surface area (Å²) in [6.07, 6.45) is 0.497. The van der Waals surface area contributed by atoms with Gasteiger partial charge in [-0.15, -0.1) is 0 Å². The van der Waals surface area contributed by atoms with Crippen LogP contribution in [0, 0.1) is 0 Å². The molecule has 2 N–H and O–H groups in total. The molecule has 0 fully saturated rings. The Labute approximate surface area is 141 Å². The third-order valence-corrected chi connectivity index (χ3v) is 3.60. The first-order chi connectivity index (χ1) is 12.1. The van der Waals surface area contributed by atoms with Crippen LogP contribution in [0.25, 0.3) is 11.0 Å². The van der Waals surface area contributed by atoms with E-state index in [1.807, 2.05) is 0 Å². The van der Waals surface area contributed by atoms with E-state index in [0.29, 0.717) is 23.3 Å². The number of carboxylic acid groups (broad SMARTS) is 1. The van der Waals surface area contributed by atoms with Crippen LogP contribution in [0.3, 0.4) is 0 Å². The van der Waals surface area contributed by atoms with Crippen molar-refractivity contribution >= 4 is 22.8 Å². The van der Waals surface area contributed by atoms with Crippen molar-refractivity contribution in [2.75, 3.05) is 11.9 Å². The molecule has 9 heteroatoms. The fourth-order valence-electron chi connectivity index (χ4n) is 2.57. The zero-order chi connectivity index (χ0) is 17.8. The van der Waals surface area contributed by atoms with Gasteiger partial charge in [0.05, 0.1) is 17.6 Å². The molecule has 3 rings (SSSR count). The van der Waals surface area contributed by atoms with Gasteiger partial charge in [0.2, 0.25) is 0 Å². The van der Waals surface area contributed by atoms with Gasteiger partial charge in [-0.25, -0.2) is 28.5 Å². The summed E-state index contributed by atoms with van der Waals surface area (Å²) in [6.45, 7) is -0.160. The maximum atomic E-state index is 12.9. The minimum absolute atomic E-state index is 0.131. The molecule has 0 saturated carbocycles. The average molecular weight is 347 g/mol. The summed E-state index contributed by atoms with van der Waals surface area (Å²) in [7, 11) is 0. The van der Waals surface area contributed by atoms with Crippen LogP contribution in [0.4, 0.5) is 14.6 Å². The Bertz CT molecular complexity index is 897. The summed E-state index contributed by atoms with van der Waals surface area (Å²) < 4.78 is 27.3. The van der Waals surface area contributed by atoms with Gasteiger partial charge in [0.25, 0.3) is 6.43 Å². The van der Waals surface area contributed by atoms with Gasteiger partial charge >= 0.3 is 5.97 Å². The highest BCUT2D eigenvalue weighted by molar-refractivity contribution is 5.90. The van der Waals surface area contributed by atoms with Crippen LogP contribution in [-0.4, -0.2) is 43.6 Å². The second-order valence-electron chi connectivity index (χ2n) is 5.25. The maximum Gasteiger partial charge on any atom is 0.358 e. The van der Waals surface area contributed by atoms with E-state index >= 15 is 0 Å². The van der Waals surface area contributed by atoms with E-state index in [9.17, 15) is 13.6 Å². The molecular formula is C16H15F2N5O2. The molecular weight excluding hydrogens is 332 g/mol. The number of halogens is 2. The number of alkyl halides is 2. The average Bonchev–Trinajstić information content (AvgIpc) is 2.92. The number of anilines is 1.